The van der Waals surface area contributed by atoms with E-state index in [9.17, 15) is 18.0 Å². The van der Waals surface area contributed by atoms with Crippen LogP contribution < -0.4 is 5.73 Å². The Hall–Kier alpha value is -3.32. The number of rotatable bonds is 3. The van der Waals surface area contributed by atoms with Gasteiger partial charge in [0.05, 0.1) is 10.9 Å². The Bertz CT molecular complexity index is 1210. The zero-order chi connectivity index (χ0) is 25.2. The van der Waals surface area contributed by atoms with E-state index in [1.54, 1.807) is 23.2 Å². The van der Waals surface area contributed by atoms with Gasteiger partial charge in [0.15, 0.2) is 0 Å². The van der Waals surface area contributed by atoms with Crippen LogP contribution in [0.4, 0.5) is 13.2 Å². The number of carboxylic acids is 1. The number of alkyl halides is 3. The first-order chi connectivity index (χ1) is 15.9. The van der Waals surface area contributed by atoms with Crippen molar-refractivity contribution in [1.82, 2.24) is 20.0 Å². The summed E-state index contributed by atoms with van der Waals surface area (Å²) in [6.07, 6.45) is -2.53. The second-order valence-corrected chi connectivity index (χ2v) is 8.60. The van der Waals surface area contributed by atoms with Crippen molar-refractivity contribution in [3.05, 3.63) is 40.0 Å². The van der Waals surface area contributed by atoms with Gasteiger partial charge in [0, 0.05) is 30.5 Å². The highest BCUT2D eigenvalue weighted by Gasteiger charge is 2.38. The summed E-state index contributed by atoms with van der Waals surface area (Å²) in [6, 6.07) is 1.53. The first kappa shape index (κ1) is 25.3. The number of fused-ring (bicyclic) bond motifs is 1. The number of amides is 1. The molecule has 0 saturated carbocycles. The Balaban J connectivity index is 0.000000406. The van der Waals surface area contributed by atoms with Crippen LogP contribution >= 0.6 is 11.3 Å². The minimum absolute atomic E-state index is 0.0437. The summed E-state index contributed by atoms with van der Waals surface area (Å²) in [4.78, 5) is 33.0. The van der Waals surface area contributed by atoms with E-state index in [1.165, 1.54) is 0 Å². The SMILES string of the molecule is Cc1ccsc1-c1nc(-c2c(C)ncc3c2CCN(C(=O)[C@H](C)N)C3)no1.O=C(O)C(F)(F)F. The summed E-state index contributed by atoms with van der Waals surface area (Å²) >= 11 is 1.58. The molecule has 182 valence electrons. The van der Waals surface area contributed by atoms with Crippen LogP contribution in [-0.4, -0.2) is 55.8 Å². The average Bonchev–Trinajstić information content (AvgIpc) is 3.41. The van der Waals surface area contributed by atoms with Crippen LogP contribution in [0.5, 0.6) is 0 Å². The summed E-state index contributed by atoms with van der Waals surface area (Å²) in [5, 5.41) is 13.3. The molecule has 3 N–H and O–H groups in total. The summed E-state index contributed by atoms with van der Waals surface area (Å²) in [6.45, 7) is 6.81. The van der Waals surface area contributed by atoms with Crippen LogP contribution in [0.2, 0.25) is 0 Å². The zero-order valence-electron chi connectivity index (χ0n) is 18.5. The van der Waals surface area contributed by atoms with Gasteiger partial charge in [-0.2, -0.15) is 18.2 Å². The van der Waals surface area contributed by atoms with Gasteiger partial charge in [0.2, 0.25) is 11.7 Å². The van der Waals surface area contributed by atoms with Gasteiger partial charge >= 0.3 is 12.1 Å². The lowest BCUT2D eigenvalue weighted by molar-refractivity contribution is -0.192. The lowest BCUT2D eigenvalue weighted by Crippen LogP contribution is -2.44. The molecule has 34 heavy (non-hydrogen) atoms. The van der Waals surface area contributed by atoms with Crippen molar-refractivity contribution in [1.29, 1.82) is 0 Å². The molecule has 4 rings (SSSR count). The maximum atomic E-state index is 12.2. The molecule has 1 amide bonds. The molecular weight excluding hydrogens is 475 g/mol. The maximum absolute atomic E-state index is 12.2. The number of halogens is 3. The van der Waals surface area contributed by atoms with E-state index in [2.05, 4.69) is 15.1 Å². The van der Waals surface area contributed by atoms with Crippen LogP contribution in [0.1, 0.15) is 29.3 Å². The van der Waals surface area contributed by atoms with Gasteiger partial charge in [-0.05, 0) is 55.3 Å². The number of carbonyl (C=O) groups is 2. The number of hydrogen-bond acceptors (Lipinski definition) is 8. The van der Waals surface area contributed by atoms with E-state index in [-0.39, 0.29) is 5.91 Å². The molecule has 0 spiro atoms. The normalized spacial score (nSPS) is 14.1. The summed E-state index contributed by atoms with van der Waals surface area (Å²) < 4.78 is 37.3. The first-order valence-electron chi connectivity index (χ1n) is 10.1. The van der Waals surface area contributed by atoms with Crippen molar-refractivity contribution in [2.24, 2.45) is 5.73 Å². The van der Waals surface area contributed by atoms with Crippen LogP contribution in [0.25, 0.3) is 22.2 Å². The smallest absolute Gasteiger partial charge is 0.475 e. The molecule has 0 saturated heterocycles. The second-order valence-electron chi connectivity index (χ2n) is 7.68. The van der Waals surface area contributed by atoms with Gasteiger partial charge in [0.25, 0.3) is 5.89 Å². The molecule has 0 aromatic carbocycles. The topological polar surface area (TPSA) is 135 Å². The van der Waals surface area contributed by atoms with E-state index in [0.29, 0.717) is 31.2 Å². The largest absolute Gasteiger partial charge is 0.490 e. The summed E-state index contributed by atoms with van der Waals surface area (Å²) in [7, 11) is 0. The van der Waals surface area contributed by atoms with Crippen molar-refractivity contribution in [2.75, 3.05) is 6.54 Å². The van der Waals surface area contributed by atoms with Crippen molar-refractivity contribution in [3.63, 3.8) is 0 Å². The third-order valence-corrected chi connectivity index (χ3v) is 6.11. The highest BCUT2D eigenvalue weighted by Crippen LogP contribution is 2.33. The van der Waals surface area contributed by atoms with Crippen molar-refractivity contribution >= 4 is 23.2 Å². The molecule has 3 aromatic heterocycles. The number of hydrogen-bond donors (Lipinski definition) is 2. The predicted octanol–water partition coefficient (Wildman–Crippen LogP) is 3.34. The van der Waals surface area contributed by atoms with Gasteiger partial charge < -0.3 is 20.3 Å². The molecule has 13 heteroatoms. The molecule has 1 aliphatic rings. The molecule has 0 unspecified atom stereocenters. The van der Waals surface area contributed by atoms with Crippen LogP contribution in [0, 0.1) is 13.8 Å². The molecule has 0 bridgehead atoms. The van der Waals surface area contributed by atoms with E-state index in [0.717, 1.165) is 32.8 Å². The standard InChI is InChI=1S/C19H21N5O2S.C2HF3O2/c1-10-5-7-27-16(10)18-22-17(23-26-18)15-12(3)21-8-13-9-24(6-4-14(13)15)19(25)11(2)20;3-2(4,5)1(6)7/h5,7-8,11H,4,6,9,20H2,1-3H3;(H,6,7)/t11-;/m0./s1. The molecule has 1 aliphatic heterocycles. The molecule has 0 radical (unpaired) electrons. The number of pyridine rings is 1. The number of nitrogens with two attached hydrogens (primary N) is 1. The number of aryl methyl sites for hydroxylation is 2. The maximum Gasteiger partial charge on any atom is 0.490 e. The number of carbonyl (C=O) groups excluding carboxylic acids is 1. The fourth-order valence-electron chi connectivity index (χ4n) is 3.43. The van der Waals surface area contributed by atoms with Crippen LogP contribution in [0.3, 0.4) is 0 Å². The molecule has 3 aromatic rings. The van der Waals surface area contributed by atoms with Crippen LogP contribution in [0.15, 0.2) is 22.2 Å². The summed E-state index contributed by atoms with van der Waals surface area (Å²) in [5.41, 5.74) is 10.8. The Morgan fingerprint density at radius 3 is 2.56 bits per heavy atom. The van der Waals surface area contributed by atoms with E-state index in [4.69, 9.17) is 20.2 Å². The zero-order valence-corrected chi connectivity index (χ0v) is 19.3. The average molecular weight is 497 g/mol. The molecule has 4 heterocycles. The van der Waals surface area contributed by atoms with E-state index in [1.807, 2.05) is 31.5 Å². The third-order valence-electron chi connectivity index (χ3n) is 5.11. The third kappa shape index (κ3) is 5.42. The number of aliphatic carboxylic acids is 1. The van der Waals surface area contributed by atoms with Gasteiger partial charge in [-0.1, -0.05) is 5.16 Å². The van der Waals surface area contributed by atoms with Crippen molar-refractivity contribution in [3.8, 4) is 22.2 Å². The Labute approximate surface area is 196 Å². The minimum atomic E-state index is -5.08. The highest BCUT2D eigenvalue weighted by molar-refractivity contribution is 7.13. The van der Waals surface area contributed by atoms with Gasteiger partial charge in [-0.25, -0.2) is 4.79 Å². The van der Waals surface area contributed by atoms with E-state index >= 15 is 0 Å². The predicted molar refractivity (Wildman–Crippen MR) is 117 cm³/mol. The van der Waals surface area contributed by atoms with Crippen molar-refractivity contribution < 1.29 is 32.4 Å². The van der Waals surface area contributed by atoms with Gasteiger partial charge in [-0.3, -0.25) is 9.78 Å². The number of aromatic nitrogens is 3. The molecular formula is C21H22F3N5O4S. The Kier molecular flexibility index (Phi) is 7.36. The van der Waals surface area contributed by atoms with Gasteiger partial charge in [0.1, 0.15) is 0 Å². The molecule has 0 fully saturated rings. The lowest BCUT2D eigenvalue weighted by atomic mass is 9.94. The minimum Gasteiger partial charge on any atom is -0.475 e. The highest BCUT2D eigenvalue weighted by atomic mass is 32.1. The molecule has 9 nitrogen and oxygen atoms in total. The van der Waals surface area contributed by atoms with Crippen molar-refractivity contribution in [2.45, 2.75) is 46.0 Å². The van der Waals surface area contributed by atoms with Gasteiger partial charge in [-0.15, -0.1) is 11.3 Å². The molecule has 1 atom stereocenters. The number of carboxylic acid groups (broad SMARTS) is 1. The van der Waals surface area contributed by atoms with Crippen LogP contribution in [-0.2, 0) is 22.6 Å². The summed E-state index contributed by atoms with van der Waals surface area (Å²) in [5.74, 6) is -1.73. The second kappa shape index (κ2) is 9.89. The Morgan fingerprint density at radius 2 is 2.00 bits per heavy atom. The Morgan fingerprint density at radius 1 is 1.32 bits per heavy atom. The monoisotopic (exact) mass is 497 g/mol. The fourth-order valence-corrected chi connectivity index (χ4v) is 4.28. The first-order valence-corrected chi connectivity index (χ1v) is 11.0. The molecule has 0 aliphatic carbocycles. The quantitative estimate of drug-likeness (QED) is 0.563. The number of nitrogens with zero attached hydrogens (tertiary/aromatic N) is 4. The van der Waals surface area contributed by atoms with E-state index < -0.39 is 18.2 Å². The lowest BCUT2D eigenvalue weighted by Gasteiger charge is -2.31. The number of thiophene rings is 1. The fraction of sp³-hybridized carbons (Fsp3) is 0.381.